The van der Waals surface area contributed by atoms with Crippen molar-refractivity contribution < 1.29 is 8.42 Å². The quantitative estimate of drug-likeness (QED) is 0.799. The number of halogens is 1. The highest BCUT2D eigenvalue weighted by Crippen LogP contribution is 2.20. The maximum atomic E-state index is 11.8. The van der Waals surface area contributed by atoms with Gasteiger partial charge in [-0.3, -0.25) is 0 Å². The first kappa shape index (κ1) is 12.7. The fraction of sp³-hybridized carbons (Fsp3) is 0.455. The van der Waals surface area contributed by atoms with E-state index in [1.54, 1.807) is 19.1 Å². The molecule has 0 aliphatic carbocycles. The van der Waals surface area contributed by atoms with Crippen LogP contribution < -0.4 is 0 Å². The third-order valence-corrected chi connectivity index (χ3v) is 4.34. The van der Waals surface area contributed by atoms with Gasteiger partial charge in [-0.15, -0.1) is 0 Å². The van der Waals surface area contributed by atoms with Crippen LogP contribution in [-0.2, 0) is 16.3 Å². The van der Waals surface area contributed by atoms with Crippen LogP contribution >= 0.6 is 15.9 Å². The monoisotopic (exact) mass is 290 g/mol. The summed E-state index contributed by atoms with van der Waals surface area (Å²) in [5.74, 6) is 0.153. The lowest BCUT2D eigenvalue weighted by atomic mass is 10.1. The van der Waals surface area contributed by atoms with Gasteiger partial charge in [-0.05, 0) is 18.1 Å². The molecule has 0 aliphatic heterocycles. The highest BCUT2D eigenvalue weighted by atomic mass is 79.9. The van der Waals surface area contributed by atoms with Gasteiger partial charge in [0.1, 0.15) is 0 Å². The molecule has 1 atom stereocenters. The Labute approximate surface area is 99.7 Å². The Bertz CT molecular complexity index is 424. The number of hydrogen-bond acceptors (Lipinski definition) is 2. The van der Waals surface area contributed by atoms with Gasteiger partial charge in [0.05, 0.1) is 10.6 Å². The van der Waals surface area contributed by atoms with E-state index in [0.29, 0.717) is 4.90 Å². The predicted octanol–water partition coefficient (Wildman–Crippen LogP) is 2.81. The summed E-state index contributed by atoms with van der Waals surface area (Å²) < 4.78 is 23.6. The Morgan fingerprint density at radius 1 is 1.33 bits per heavy atom. The summed E-state index contributed by atoms with van der Waals surface area (Å²) in [6.45, 7) is 3.68. The Balaban J connectivity index is 3.18. The normalized spacial score (nSPS) is 13.8. The molecule has 0 saturated heterocycles. The zero-order valence-corrected chi connectivity index (χ0v) is 11.3. The second kappa shape index (κ2) is 5.12. The van der Waals surface area contributed by atoms with E-state index in [1.165, 1.54) is 0 Å². The molecule has 0 bridgehead atoms. The number of rotatable bonds is 4. The van der Waals surface area contributed by atoms with Crippen LogP contribution in [0.4, 0.5) is 0 Å². The van der Waals surface area contributed by atoms with E-state index < -0.39 is 9.84 Å². The van der Waals surface area contributed by atoms with Crippen molar-refractivity contribution in [2.75, 3.05) is 5.75 Å². The Morgan fingerprint density at radius 2 is 1.93 bits per heavy atom. The maximum Gasteiger partial charge on any atom is 0.178 e. The van der Waals surface area contributed by atoms with E-state index in [2.05, 4.69) is 15.9 Å². The minimum absolute atomic E-state index is 0.153. The van der Waals surface area contributed by atoms with Crippen molar-refractivity contribution in [2.45, 2.75) is 30.0 Å². The van der Waals surface area contributed by atoms with Gasteiger partial charge in [0.2, 0.25) is 0 Å². The first-order valence-electron chi connectivity index (χ1n) is 4.92. The van der Waals surface area contributed by atoms with Crippen LogP contribution in [0.3, 0.4) is 0 Å². The zero-order chi connectivity index (χ0) is 11.5. The van der Waals surface area contributed by atoms with Crippen LogP contribution in [0.25, 0.3) is 0 Å². The molecule has 0 radical (unpaired) electrons. The van der Waals surface area contributed by atoms with Crippen molar-refractivity contribution in [3.63, 3.8) is 0 Å². The van der Waals surface area contributed by atoms with Crippen molar-refractivity contribution in [3.05, 3.63) is 29.8 Å². The summed E-state index contributed by atoms with van der Waals surface area (Å²) in [5.41, 5.74) is 0.892. The summed E-state index contributed by atoms with van der Waals surface area (Å²) in [5, 5.41) is 0. The zero-order valence-electron chi connectivity index (χ0n) is 8.90. The molecule has 0 spiro atoms. The number of alkyl halides is 1. The summed E-state index contributed by atoms with van der Waals surface area (Å²) in [7, 11) is -3.10. The highest BCUT2D eigenvalue weighted by Gasteiger charge is 2.16. The molecule has 1 aromatic rings. The molecule has 1 unspecified atom stereocenters. The average molecular weight is 291 g/mol. The van der Waals surface area contributed by atoms with Crippen LogP contribution in [0.15, 0.2) is 29.2 Å². The summed E-state index contributed by atoms with van der Waals surface area (Å²) in [6.07, 6.45) is 0.732. The molecule has 0 heterocycles. The molecule has 4 heteroatoms. The topological polar surface area (TPSA) is 34.1 Å². The van der Waals surface area contributed by atoms with Gasteiger partial charge in [-0.2, -0.15) is 0 Å². The summed E-state index contributed by atoms with van der Waals surface area (Å²) in [6, 6.07) is 7.20. The van der Waals surface area contributed by atoms with Crippen LogP contribution in [-0.4, -0.2) is 19.0 Å². The second-order valence-corrected chi connectivity index (χ2v) is 7.31. The van der Waals surface area contributed by atoms with Gasteiger partial charge in [0.25, 0.3) is 0 Å². The van der Waals surface area contributed by atoms with Crippen molar-refractivity contribution in [3.8, 4) is 0 Å². The van der Waals surface area contributed by atoms with Gasteiger partial charge >= 0.3 is 0 Å². The lowest BCUT2D eigenvalue weighted by Gasteiger charge is -2.10. The third kappa shape index (κ3) is 3.31. The lowest BCUT2D eigenvalue weighted by Crippen LogP contribution is -2.09. The van der Waals surface area contributed by atoms with Crippen molar-refractivity contribution in [1.29, 1.82) is 0 Å². The van der Waals surface area contributed by atoms with E-state index >= 15 is 0 Å². The first-order chi connectivity index (χ1) is 6.97. The molecule has 0 amide bonds. The molecule has 1 rings (SSSR count). The van der Waals surface area contributed by atoms with Gasteiger partial charge < -0.3 is 0 Å². The molecule has 2 nitrogen and oxygen atoms in total. The molecule has 15 heavy (non-hydrogen) atoms. The van der Waals surface area contributed by atoms with Gasteiger partial charge in [-0.1, -0.05) is 48.0 Å². The number of sulfone groups is 1. The molecule has 84 valence electrons. The number of hydrogen-bond donors (Lipinski definition) is 0. The van der Waals surface area contributed by atoms with E-state index in [4.69, 9.17) is 0 Å². The fourth-order valence-electron chi connectivity index (χ4n) is 1.43. The highest BCUT2D eigenvalue weighted by molar-refractivity contribution is 9.09. The van der Waals surface area contributed by atoms with Crippen LogP contribution in [0.2, 0.25) is 0 Å². The van der Waals surface area contributed by atoms with E-state index in [0.717, 1.165) is 12.0 Å². The Kier molecular flexibility index (Phi) is 4.34. The van der Waals surface area contributed by atoms with Crippen LogP contribution in [0, 0.1) is 0 Å². The minimum atomic E-state index is -3.10. The maximum absolute atomic E-state index is 11.8. The molecular formula is C11H15BrO2S. The standard InChI is InChI=1S/C11H15BrO2S/c1-3-15(13,14)11-7-5-4-6-10(11)8-9(2)12/h4-7,9H,3,8H2,1-2H3. The first-order valence-corrected chi connectivity index (χ1v) is 7.49. The Hall–Kier alpha value is -0.350. The van der Waals surface area contributed by atoms with Gasteiger partial charge in [-0.25, -0.2) is 8.42 Å². The van der Waals surface area contributed by atoms with Gasteiger partial charge in [0.15, 0.2) is 9.84 Å². The Morgan fingerprint density at radius 3 is 2.47 bits per heavy atom. The largest absolute Gasteiger partial charge is 0.224 e. The predicted molar refractivity (Wildman–Crippen MR) is 66.3 cm³/mol. The molecular weight excluding hydrogens is 276 g/mol. The van der Waals surface area contributed by atoms with Crippen molar-refractivity contribution >= 4 is 25.8 Å². The van der Waals surface area contributed by atoms with Crippen molar-refractivity contribution in [2.24, 2.45) is 0 Å². The molecule has 1 aromatic carbocycles. The smallest absolute Gasteiger partial charge is 0.178 e. The van der Waals surface area contributed by atoms with Crippen molar-refractivity contribution in [1.82, 2.24) is 0 Å². The van der Waals surface area contributed by atoms with E-state index in [1.807, 2.05) is 19.1 Å². The SMILES string of the molecule is CCS(=O)(=O)c1ccccc1CC(C)Br. The van der Waals surface area contributed by atoms with Crippen LogP contribution in [0.5, 0.6) is 0 Å². The lowest BCUT2D eigenvalue weighted by molar-refractivity contribution is 0.596. The van der Waals surface area contributed by atoms with Crippen LogP contribution in [0.1, 0.15) is 19.4 Å². The second-order valence-electron chi connectivity index (χ2n) is 3.50. The molecule has 0 fully saturated rings. The summed E-state index contributed by atoms with van der Waals surface area (Å²) in [4.78, 5) is 0.754. The van der Waals surface area contributed by atoms with E-state index in [-0.39, 0.29) is 10.6 Å². The minimum Gasteiger partial charge on any atom is -0.224 e. The fourth-order valence-corrected chi connectivity index (χ4v) is 2.93. The molecule has 0 N–H and O–H groups in total. The average Bonchev–Trinajstić information content (AvgIpc) is 2.17. The van der Waals surface area contributed by atoms with Gasteiger partial charge in [0, 0.05) is 4.83 Å². The third-order valence-electron chi connectivity index (χ3n) is 2.19. The number of benzene rings is 1. The molecule has 0 saturated carbocycles. The molecule has 0 aromatic heterocycles. The molecule has 0 aliphatic rings. The van der Waals surface area contributed by atoms with E-state index in [9.17, 15) is 8.42 Å². The summed E-state index contributed by atoms with van der Waals surface area (Å²) >= 11 is 3.44.